The van der Waals surface area contributed by atoms with Crippen LogP contribution in [0.2, 0.25) is 0 Å². The van der Waals surface area contributed by atoms with E-state index >= 15 is 0 Å². The van der Waals surface area contributed by atoms with Gasteiger partial charge in [-0.15, -0.1) is 0 Å². The van der Waals surface area contributed by atoms with Gasteiger partial charge in [-0.3, -0.25) is 0 Å². The fourth-order valence-electron chi connectivity index (χ4n) is 3.29. The van der Waals surface area contributed by atoms with E-state index in [4.69, 9.17) is 4.74 Å². The predicted octanol–water partition coefficient (Wildman–Crippen LogP) is 2.41. The lowest BCUT2D eigenvalue weighted by Crippen LogP contribution is -2.49. The third-order valence-electron chi connectivity index (χ3n) is 4.45. The van der Waals surface area contributed by atoms with Gasteiger partial charge in [0.1, 0.15) is 12.7 Å². The van der Waals surface area contributed by atoms with Gasteiger partial charge in [-0.2, -0.15) is 5.10 Å². The number of rotatable bonds is 4. The van der Waals surface area contributed by atoms with E-state index in [2.05, 4.69) is 20.7 Å². The second-order valence-corrected chi connectivity index (χ2v) is 7.56. The number of amides is 2. The minimum absolute atomic E-state index is 0.0165. The van der Waals surface area contributed by atoms with E-state index in [1.165, 1.54) is 6.33 Å². The Labute approximate surface area is 147 Å². The first-order chi connectivity index (χ1) is 11.8. The minimum atomic E-state index is -0.375. The molecule has 1 aliphatic heterocycles. The normalized spacial score (nSPS) is 21.0. The molecular weight excluding hydrogens is 318 g/mol. The zero-order chi connectivity index (χ0) is 18.1. The number of urea groups is 1. The average molecular weight is 343 g/mol. The average Bonchev–Trinajstić information content (AvgIpc) is 3.12. The van der Waals surface area contributed by atoms with Crippen LogP contribution < -0.4 is 10.6 Å². The summed E-state index contributed by atoms with van der Waals surface area (Å²) in [5.74, 6) is 0. The molecule has 1 aromatic heterocycles. The van der Waals surface area contributed by atoms with Gasteiger partial charge in [-0.05, 0) is 51.8 Å². The summed E-state index contributed by atoms with van der Waals surface area (Å²) in [4.78, 5) is 16.2. The Hall–Kier alpha value is -2.41. The van der Waals surface area contributed by atoms with Crippen LogP contribution in [-0.2, 0) is 11.3 Å². The van der Waals surface area contributed by atoms with Gasteiger partial charge in [0.2, 0.25) is 0 Å². The Morgan fingerprint density at radius 3 is 2.56 bits per heavy atom. The summed E-state index contributed by atoms with van der Waals surface area (Å²) < 4.78 is 7.69. The number of benzene rings is 1. The number of hydrogen-bond donors (Lipinski definition) is 2. The van der Waals surface area contributed by atoms with E-state index in [9.17, 15) is 4.79 Å². The van der Waals surface area contributed by atoms with E-state index in [0.717, 1.165) is 17.7 Å². The molecule has 2 amide bonds. The zero-order valence-electron chi connectivity index (χ0n) is 15.1. The number of carbonyl (C=O) groups is 1. The van der Waals surface area contributed by atoms with E-state index in [0.29, 0.717) is 6.54 Å². The van der Waals surface area contributed by atoms with Gasteiger partial charge < -0.3 is 15.4 Å². The quantitative estimate of drug-likeness (QED) is 0.893. The minimum Gasteiger partial charge on any atom is -0.367 e. The highest BCUT2D eigenvalue weighted by atomic mass is 16.5. The Balaban J connectivity index is 1.52. The maximum atomic E-state index is 12.2. The van der Waals surface area contributed by atoms with Crippen molar-refractivity contribution in [2.24, 2.45) is 0 Å². The maximum absolute atomic E-state index is 12.2. The molecule has 2 aromatic rings. The molecule has 0 spiro atoms. The number of ether oxygens (including phenoxy) is 1. The molecule has 0 radical (unpaired) electrons. The summed E-state index contributed by atoms with van der Waals surface area (Å²) in [5.41, 5.74) is 1.35. The molecule has 1 fully saturated rings. The SMILES string of the molecule is CC1(C)C[C@@H](NC(=O)NCc2ccc(-n3cncn3)cc2)C(C)(C)O1. The summed E-state index contributed by atoms with van der Waals surface area (Å²) in [7, 11) is 0. The Morgan fingerprint density at radius 1 is 1.28 bits per heavy atom. The molecule has 0 bridgehead atoms. The summed E-state index contributed by atoms with van der Waals surface area (Å²) in [6.07, 6.45) is 3.93. The largest absolute Gasteiger partial charge is 0.367 e. The van der Waals surface area contributed by atoms with Crippen LogP contribution in [0.15, 0.2) is 36.9 Å². The fourth-order valence-corrected chi connectivity index (χ4v) is 3.29. The van der Waals surface area contributed by atoms with Crippen LogP contribution in [0, 0.1) is 0 Å². The van der Waals surface area contributed by atoms with Crippen molar-refractivity contribution >= 4 is 6.03 Å². The molecule has 7 nitrogen and oxygen atoms in total. The Bertz CT molecular complexity index is 722. The van der Waals surface area contributed by atoms with Crippen molar-refractivity contribution < 1.29 is 9.53 Å². The molecule has 0 unspecified atom stereocenters. The molecule has 7 heteroatoms. The molecule has 134 valence electrons. The van der Waals surface area contributed by atoms with E-state index in [-0.39, 0.29) is 23.3 Å². The van der Waals surface area contributed by atoms with Gasteiger partial charge in [-0.1, -0.05) is 12.1 Å². The molecule has 2 N–H and O–H groups in total. The van der Waals surface area contributed by atoms with Crippen LogP contribution in [0.5, 0.6) is 0 Å². The number of carbonyl (C=O) groups excluding carboxylic acids is 1. The monoisotopic (exact) mass is 343 g/mol. The molecule has 1 saturated heterocycles. The van der Waals surface area contributed by atoms with Crippen molar-refractivity contribution in [1.29, 1.82) is 0 Å². The standard InChI is InChI=1S/C18H25N5O2/c1-17(2)9-15(18(3,4)25-17)22-16(24)20-10-13-5-7-14(8-6-13)23-12-19-11-21-23/h5-8,11-12,15H,9-10H2,1-4H3,(H2,20,22,24)/t15-/m1/s1. The molecule has 25 heavy (non-hydrogen) atoms. The van der Waals surface area contributed by atoms with Gasteiger partial charge in [-0.25, -0.2) is 14.5 Å². The topological polar surface area (TPSA) is 81.1 Å². The van der Waals surface area contributed by atoms with Gasteiger partial charge >= 0.3 is 6.03 Å². The first-order valence-electron chi connectivity index (χ1n) is 8.44. The first-order valence-corrected chi connectivity index (χ1v) is 8.44. The first kappa shape index (κ1) is 17.4. The Morgan fingerprint density at radius 2 is 2.00 bits per heavy atom. The van der Waals surface area contributed by atoms with E-state index in [1.54, 1.807) is 11.0 Å². The van der Waals surface area contributed by atoms with Gasteiger partial charge in [0.05, 0.1) is 22.9 Å². The van der Waals surface area contributed by atoms with Crippen molar-refractivity contribution in [3.8, 4) is 5.69 Å². The van der Waals surface area contributed by atoms with Gasteiger partial charge in [0, 0.05) is 6.54 Å². The van der Waals surface area contributed by atoms with Crippen LogP contribution in [0.4, 0.5) is 4.79 Å². The molecule has 0 saturated carbocycles. The van der Waals surface area contributed by atoms with Crippen LogP contribution in [0.25, 0.3) is 5.69 Å². The molecule has 1 atom stereocenters. The highest BCUT2D eigenvalue weighted by molar-refractivity contribution is 5.74. The van der Waals surface area contributed by atoms with Gasteiger partial charge in [0.25, 0.3) is 0 Å². The Kier molecular flexibility index (Phi) is 4.51. The van der Waals surface area contributed by atoms with Crippen LogP contribution in [-0.4, -0.2) is 38.0 Å². The van der Waals surface area contributed by atoms with Crippen molar-refractivity contribution in [2.75, 3.05) is 0 Å². The predicted molar refractivity (Wildman–Crippen MR) is 94.4 cm³/mol. The lowest BCUT2D eigenvalue weighted by atomic mass is 9.95. The summed E-state index contributed by atoms with van der Waals surface area (Å²) in [6, 6.07) is 7.61. The van der Waals surface area contributed by atoms with Crippen molar-refractivity contribution in [2.45, 2.75) is 57.9 Å². The fraction of sp³-hybridized carbons (Fsp3) is 0.500. The zero-order valence-corrected chi connectivity index (χ0v) is 15.1. The second-order valence-electron chi connectivity index (χ2n) is 7.56. The second kappa shape index (κ2) is 6.48. The highest BCUT2D eigenvalue weighted by Gasteiger charge is 2.46. The molecule has 1 aliphatic rings. The molecule has 3 rings (SSSR count). The molecular formula is C18H25N5O2. The lowest BCUT2D eigenvalue weighted by Gasteiger charge is -2.27. The third-order valence-corrected chi connectivity index (χ3v) is 4.45. The molecule has 2 heterocycles. The molecule has 1 aromatic carbocycles. The van der Waals surface area contributed by atoms with E-state index in [1.807, 2.05) is 52.0 Å². The summed E-state index contributed by atoms with van der Waals surface area (Å²) >= 11 is 0. The number of aromatic nitrogens is 3. The van der Waals surface area contributed by atoms with Crippen LogP contribution in [0.3, 0.4) is 0 Å². The maximum Gasteiger partial charge on any atom is 0.315 e. The van der Waals surface area contributed by atoms with Crippen LogP contribution >= 0.6 is 0 Å². The lowest BCUT2D eigenvalue weighted by molar-refractivity contribution is -0.0690. The summed E-state index contributed by atoms with van der Waals surface area (Å²) in [5, 5.41) is 10.0. The summed E-state index contributed by atoms with van der Waals surface area (Å²) in [6.45, 7) is 8.57. The van der Waals surface area contributed by atoms with Crippen molar-refractivity contribution in [1.82, 2.24) is 25.4 Å². The van der Waals surface area contributed by atoms with Crippen LogP contribution in [0.1, 0.15) is 39.7 Å². The number of nitrogens with zero attached hydrogens (tertiary/aromatic N) is 3. The number of hydrogen-bond acceptors (Lipinski definition) is 4. The van der Waals surface area contributed by atoms with Gasteiger partial charge in [0.15, 0.2) is 0 Å². The van der Waals surface area contributed by atoms with Crippen molar-refractivity contribution in [3.05, 3.63) is 42.5 Å². The van der Waals surface area contributed by atoms with Crippen molar-refractivity contribution in [3.63, 3.8) is 0 Å². The van der Waals surface area contributed by atoms with E-state index < -0.39 is 0 Å². The smallest absolute Gasteiger partial charge is 0.315 e. The highest BCUT2D eigenvalue weighted by Crippen LogP contribution is 2.37. The third kappa shape index (κ3) is 4.17. The molecule has 0 aliphatic carbocycles. The number of nitrogens with one attached hydrogen (secondary N) is 2.